The van der Waals surface area contributed by atoms with E-state index in [0.29, 0.717) is 22.7 Å². The van der Waals surface area contributed by atoms with E-state index < -0.39 is 0 Å². The van der Waals surface area contributed by atoms with Crippen LogP contribution in [0.3, 0.4) is 0 Å². The molecular weight excluding hydrogens is 231 g/mol. The van der Waals surface area contributed by atoms with Gasteiger partial charge in [-0.05, 0) is 24.1 Å². The van der Waals surface area contributed by atoms with Gasteiger partial charge in [0, 0.05) is 5.41 Å². The molecule has 0 bridgehead atoms. The third-order valence-corrected chi connectivity index (χ3v) is 3.33. The lowest BCUT2D eigenvalue weighted by Crippen LogP contribution is -2.15. The van der Waals surface area contributed by atoms with Crippen molar-refractivity contribution in [3.63, 3.8) is 0 Å². The summed E-state index contributed by atoms with van der Waals surface area (Å²) in [6.45, 7) is 6.17. The SMILES string of the molecule is CCC(C)(C)c1onc(N)c1-c1cccc(F)c1. The Labute approximate surface area is 106 Å². The highest BCUT2D eigenvalue weighted by Gasteiger charge is 2.29. The van der Waals surface area contributed by atoms with Crippen LogP contribution in [0.2, 0.25) is 0 Å². The van der Waals surface area contributed by atoms with Crippen LogP contribution in [0.4, 0.5) is 10.2 Å². The molecule has 4 heteroatoms. The molecule has 2 N–H and O–H groups in total. The van der Waals surface area contributed by atoms with E-state index in [-0.39, 0.29) is 11.2 Å². The lowest BCUT2D eigenvalue weighted by atomic mass is 9.83. The average Bonchev–Trinajstić information content (AvgIpc) is 2.72. The highest BCUT2D eigenvalue weighted by molar-refractivity contribution is 5.76. The normalized spacial score (nSPS) is 11.8. The molecule has 18 heavy (non-hydrogen) atoms. The van der Waals surface area contributed by atoms with Crippen LogP contribution in [0.15, 0.2) is 28.8 Å². The van der Waals surface area contributed by atoms with Gasteiger partial charge in [0.1, 0.15) is 5.82 Å². The number of benzene rings is 1. The van der Waals surface area contributed by atoms with E-state index in [4.69, 9.17) is 10.3 Å². The fraction of sp³-hybridized carbons (Fsp3) is 0.357. The summed E-state index contributed by atoms with van der Waals surface area (Å²) >= 11 is 0. The van der Waals surface area contributed by atoms with Crippen LogP contribution in [-0.2, 0) is 5.41 Å². The summed E-state index contributed by atoms with van der Waals surface area (Å²) in [6, 6.07) is 6.30. The largest absolute Gasteiger partial charge is 0.380 e. The molecule has 1 aromatic heterocycles. The molecule has 3 nitrogen and oxygen atoms in total. The maximum atomic E-state index is 13.3. The summed E-state index contributed by atoms with van der Waals surface area (Å²) < 4.78 is 18.7. The Morgan fingerprint density at radius 2 is 2.11 bits per heavy atom. The highest BCUT2D eigenvalue weighted by Crippen LogP contribution is 2.38. The number of halogens is 1. The predicted octanol–water partition coefficient (Wildman–Crippen LogP) is 3.75. The molecule has 2 aromatic rings. The predicted molar refractivity (Wildman–Crippen MR) is 69.6 cm³/mol. The van der Waals surface area contributed by atoms with Crippen LogP contribution >= 0.6 is 0 Å². The zero-order chi connectivity index (χ0) is 13.3. The van der Waals surface area contributed by atoms with Gasteiger partial charge < -0.3 is 10.3 Å². The van der Waals surface area contributed by atoms with Gasteiger partial charge in [-0.15, -0.1) is 0 Å². The Balaban J connectivity index is 2.61. The fourth-order valence-corrected chi connectivity index (χ4v) is 1.85. The summed E-state index contributed by atoms with van der Waals surface area (Å²) in [5.41, 5.74) is 7.05. The van der Waals surface area contributed by atoms with Crippen molar-refractivity contribution in [3.05, 3.63) is 35.8 Å². The summed E-state index contributed by atoms with van der Waals surface area (Å²) in [7, 11) is 0. The van der Waals surface area contributed by atoms with Crippen LogP contribution in [0.25, 0.3) is 11.1 Å². The molecule has 0 aliphatic heterocycles. The van der Waals surface area contributed by atoms with Crippen LogP contribution in [0.5, 0.6) is 0 Å². The number of anilines is 1. The van der Waals surface area contributed by atoms with Crippen LogP contribution < -0.4 is 5.73 Å². The van der Waals surface area contributed by atoms with Crippen molar-refractivity contribution in [1.29, 1.82) is 0 Å². The lowest BCUT2D eigenvalue weighted by Gasteiger charge is -2.20. The summed E-state index contributed by atoms with van der Waals surface area (Å²) in [5, 5.41) is 3.82. The minimum absolute atomic E-state index is 0.188. The second-order valence-corrected chi connectivity index (χ2v) is 5.02. The Hall–Kier alpha value is -1.84. The van der Waals surface area contributed by atoms with E-state index in [0.717, 1.165) is 6.42 Å². The molecule has 0 unspecified atom stereocenters. The minimum atomic E-state index is -0.298. The van der Waals surface area contributed by atoms with E-state index >= 15 is 0 Å². The van der Waals surface area contributed by atoms with E-state index in [1.54, 1.807) is 12.1 Å². The Bertz CT molecular complexity index is 561. The van der Waals surface area contributed by atoms with E-state index in [2.05, 4.69) is 25.9 Å². The van der Waals surface area contributed by atoms with Crippen LogP contribution in [-0.4, -0.2) is 5.16 Å². The topological polar surface area (TPSA) is 52.0 Å². The van der Waals surface area contributed by atoms with Crippen molar-refractivity contribution >= 4 is 5.82 Å². The molecular formula is C14H17FN2O. The van der Waals surface area contributed by atoms with Gasteiger partial charge in [0.25, 0.3) is 0 Å². The van der Waals surface area contributed by atoms with E-state index in [1.165, 1.54) is 12.1 Å². The second-order valence-electron chi connectivity index (χ2n) is 5.02. The monoisotopic (exact) mass is 248 g/mol. The maximum absolute atomic E-state index is 13.3. The van der Waals surface area contributed by atoms with Gasteiger partial charge in [0.05, 0.1) is 5.56 Å². The van der Waals surface area contributed by atoms with Crippen molar-refractivity contribution in [2.24, 2.45) is 0 Å². The minimum Gasteiger partial charge on any atom is -0.380 e. The zero-order valence-electron chi connectivity index (χ0n) is 10.8. The first-order valence-corrected chi connectivity index (χ1v) is 5.97. The van der Waals surface area contributed by atoms with Gasteiger partial charge >= 0.3 is 0 Å². The first-order valence-electron chi connectivity index (χ1n) is 5.97. The van der Waals surface area contributed by atoms with Crippen molar-refractivity contribution in [2.45, 2.75) is 32.6 Å². The number of hydrogen-bond donors (Lipinski definition) is 1. The summed E-state index contributed by atoms with van der Waals surface area (Å²) in [6.07, 6.45) is 0.879. The molecule has 0 saturated carbocycles. The Morgan fingerprint density at radius 1 is 1.39 bits per heavy atom. The molecule has 0 radical (unpaired) electrons. The molecule has 0 fully saturated rings. The number of rotatable bonds is 3. The third-order valence-electron chi connectivity index (χ3n) is 3.33. The first-order chi connectivity index (χ1) is 8.45. The molecule has 0 saturated heterocycles. The molecule has 0 amide bonds. The summed E-state index contributed by atoms with van der Waals surface area (Å²) in [4.78, 5) is 0. The van der Waals surface area contributed by atoms with Crippen molar-refractivity contribution in [3.8, 4) is 11.1 Å². The quantitative estimate of drug-likeness (QED) is 0.900. The fourth-order valence-electron chi connectivity index (χ4n) is 1.85. The van der Waals surface area contributed by atoms with Crippen molar-refractivity contribution in [2.75, 3.05) is 5.73 Å². The summed E-state index contributed by atoms with van der Waals surface area (Å²) in [5.74, 6) is 0.707. The molecule has 1 aromatic carbocycles. The standard InChI is InChI=1S/C14H17FN2O/c1-4-14(2,3)12-11(13(16)17-18-12)9-6-5-7-10(15)8-9/h5-8H,4H2,1-3H3,(H2,16,17). The molecule has 1 heterocycles. The third kappa shape index (κ3) is 2.10. The maximum Gasteiger partial charge on any atom is 0.175 e. The van der Waals surface area contributed by atoms with Gasteiger partial charge in [-0.25, -0.2) is 4.39 Å². The molecule has 0 atom stereocenters. The molecule has 0 aliphatic carbocycles. The smallest absolute Gasteiger partial charge is 0.175 e. The number of aromatic nitrogens is 1. The number of nitrogens with two attached hydrogens (primary N) is 1. The second kappa shape index (κ2) is 4.44. The van der Waals surface area contributed by atoms with Crippen LogP contribution in [0, 0.1) is 5.82 Å². The van der Waals surface area contributed by atoms with Gasteiger partial charge in [-0.2, -0.15) is 0 Å². The first kappa shape index (κ1) is 12.6. The van der Waals surface area contributed by atoms with Gasteiger partial charge in [-0.1, -0.05) is 38.1 Å². The number of nitrogen functional groups attached to an aromatic ring is 1. The molecule has 96 valence electrons. The zero-order valence-corrected chi connectivity index (χ0v) is 10.8. The van der Waals surface area contributed by atoms with Gasteiger partial charge in [0.2, 0.25) is 0 Å². The lowest BCUT2D eigenvalue weighted by molar-refractivity contribution is 0.313. The number of nitrogens with zero attached hydrogens (tertiary/aromatic N) is 1. The van der Waals surface area contributed by atoms with Crippen molar-refractivity contribution in [1.82, 2.24) is 5.16 Å². The Kier molecular flexibility index (Phi) is 3.11. The van der Waals surface area contributed by atoms with E-state index in [1.807, 2.05) is 0 Å². The molecule has 2 rings (SSSR count). The van der Waals surface area contributed by atoms with Gasteiger partial charge in [0.15, 0.2) is 11.6 Å². The Morgan fingerprint density at radius 3 is 2.72 bits per heavy atom. The van der Waals surface area contributed by atoms with Crippen molar-refractivity contribution < 1.29 is 8.91 Å². The van der Waals surface area contributed by atoms with E-state index in [9.17, 15) is 4.39 Å². The highest BCUT2D eigenvalue weighted by atomic mass is 19.1. The molecule has 0 spiro atoms. The molecule has 0 aliphatic rings. The van der Waals surface area contributed by atoms with Gasteiger partial charge in [-0.3, -0.25) is 0 Å². The van der Waals surface area contributed by atoms with Crippen LogP contribution in [0.1, 0.15) is 33.0 Å². The number of hydrogen-bond acceptors (Lipinski definition) is 3. The average molecular weight is 248 g/mol.